The van der Waals surface area contributed by atoms with Crippen molar-refractivity contribution in [3.05, 3.63) is 121 Å². The van der Waals surface area contributed by atoms with Crippen LogP contribution in [0.25, 0.3) is 10.8 Å². The van der Waals surface area contributed by atoms with E-state index in [0.29, 0.717) is 17.2 Å². The van der Waals surface area contributed by atoms with Gasteiger partial charge in [-0.15, -0.1) is 0 Å². The van der Waals surface area contributed by atoms with Crippen molar-refractivity contribution >= 4 is 10.8 Å². The van der Waals surface area contributed by atoms with Crippen molar-refractivity contribution in [2.45, 2.75) is 0 Å². The van der Waals surface area contributed by atoms with E-state index in [1.54, 1.807) is 0 Å². The van der Waals surface area contributed by atoms with E-state index in [1.165, 1.54) is 0 Å². The lowest BCUT2D eigenvalue weighted by atomic mass is 10.1. The maximum absolute atomic E-state index is 6.45. The summed E-state index contributed by atoms with van der Waals surface area (Å²) in [6, 6.07) is 39.1. The molecule has 0 aromatic heterocycles. The third kappa shape index (κ3) is 4.21. The summed E-state index contributed by atoms with van der Waals surface area (Å²) in [6.45, 7) is 0. The highest BCUT2D eigenvalue weighted by Crippen LogP contribution is 2.45. The van der Waals surface area contributed by atoms with Gasteiger partial charge >= 0.3 is 0 Å². The first-order valence-corrected chi connectivity index (χ1v) is 10.1. The summed E-state index contributed by atoms with van der Waals surface area (Å²) in [5.74, 6) is 3.86. The fraction of sp³-hybridized carbons (Fsp3) is 0. The zero-order valence-electron chi connectivity index (χ0n) is 16.8. The number of hydrogen-bond acceptors (Lipinski definition) is 3. The van der Waals surface area contributed by atoms with E-state index in [-0.39, 0.29) is 0 Å². The average molecular weight is 404 g/mol. The van der Waals surface area contributed by atoms with Crippen molar-refractivity contribution in [1.82, 2.24) is 0 Å². The molecule has 0 heterocycles. The Bertz CT molecular complexity index is 1230. The third-order valence-corrected chi connectivity index (χ3v) is 4.85. The summed E-state index contributed by atoms with van der Waals surface area (Å²) in [6.07, 6.45) is 0. The van der Waals surface area contributed by atoms with Crippen molar-refractivity contribution in [3.63, 3.8) is 0 Å². The number of fused-ring (bicyclic) bond motifs is 1. The molecule has 0 N–H and O–H groups in total. The van der Waals surface area contributed by atoms with Gasteiger partial charge in [0.25, 0.3) is 0 Å². The first-order valence-electron chi connectivity index (χ1n) is 10.1. The minimum atomic E-state index is 0.520. The van der Waals surface area contributed by atoms with Gasteiger partial charge in [-0.25, -0.2) is 0 Å². The van der Waals surface area contributed by atoms with E-state index in [4.69, 9.17) is 14.2 Å². The van der Waals surface area contributed by atoms with E-state index in [2.05, 4.69) is 12.1 Å². The summed E-state index contributed by atoms with van der Waals surface area (Å²) in [5.41, 5.74) is 0. The second-order valence-corrected chi connectivity index (χ2v) is 6.99. The van der Waals surface area contributed by atoms with Crippen LogP contribution in [0.3, 0.4) is 0 Å². The first kappa shape index (κ1) is 18.8. The molecule has 0 bridgehead atoms. The first-order chi connectivity index (χ1) is 15.4. The zero-order valence-corrected chi connectivity index (χ0v) is 16.8. The fourth-order valence-electron chi connectivity index (χ4n) is 3.38. The Kier molecular flexibility index (Phi) is 5.23. The maximum Gasteiger partial charge on any atom is 0.212 e. The van der Waals surface area contributed by atoms with Crippen LogP contribution < -0.4 is 14.2 Å². The lowest BCUT2D eigenvalue weighted by Crippen LogP contribution is -1.95. The van der Waals surface area contributed by atoms with E-state index in [9.17, 15) is 0 Å². The second kappa shape index (κ2) is 8.64. The third-order valence-electron chi connectivity index (χ3n) is 4.85. The van der Waals surface area contributed by atoms with Gasteiger partial charge in [0.05, 0.1) is 0 Å². The number of rotatable bonds is 6. The quantitative estimate of drug-likeness (QED) is 0.285. The molecule has 0 aliphatic carbocycles. The zero-order chi connectivity index (χ0) is 20.9. The molecule has 5 aromatic rings. The normalized spacial score (nSPS) is 10.6. The van der Waals surface area contributed by atoms with E-state index in [1.807, 2.05) is 109 Å². The molecule has 0 aliphatic heterocycles. The Morgan fingerprint density at radius 3 is 1.48 bits per heavy atom. The van der Waals surface area contributed by atoms with Gasteiger partial charge in [0.1, 0.15) is 17.2 Å². The topological polar surface area (TPSA) is 27.7 Å². The standard InChI is InChI=1S/C28H20O3/c1-3-13-22(14-4-1)29-26-19-10-20-27(30-23-15-5-2-6-16-23)28(26)31-25-18-9-12-21-11-7-8-17-24(21)25/h1-20H. The Balaban J connectivity index is 1.59. The molecule has 0 radical (unpaired) electrons. The molecule has 0 amide bonds. The summed E-state index contributed by atoms with van der Waals surface area (Å²) < 4.78 is 18.8. The monoisotopic (exact) mass is 404 g/mol. The summed E-state index contributed by atoms with van der Waals surface area (Å²) >= 11 is 0. The number of ether oxygens (including phenoxy) is 3. The van der Waals surface area contributed by atoms with Crippen LogP contribution in [-0.4, -0.2) is 0 Å². The van der Waals surface area contributed by atoms with Gasteiger partial charge in [0, 0.05) is 5.39 Å². The lowest BCUT2D eigenvalue weighted by molar-refractivity contribution is 0.388. The van der Waals surface area contributed by atoms with Crippen molar-refractivity contribution in [1.29, 1.82) is 0 Å². The molecule has 5 rings (SSSR count). The summed E-state index contributed by atoms with van der Waals surface area (Å²) in [5, 5.41) is 2.12. The Morgan fingerprint density at radius 1 is 0.355 bits per heavy atom. The maximum atomic E-state index is 6.45. The smallest absolute Gasteiger partial charge is 0.212 e. The van der Waals surface area contributed by atoms with Gasteiger partial charge < -0.3 is 14.2 Å². The molecule has 5 aromatic carbocycles. The second-order valence-electron chi connectivity index (χ2n) is 6.99. The van der Waals surface area contributed by atoms with Crippen LogP contribution in [0.2, 0.25) is 0 Å². The highest BCUT2D eigenvalue weighted by atomic mass is 16.5. The molecule has 0 saturated carbocycles. The molecule has 31 heavy (non-hydrogen) atoms. The number of hydrogen-bond donors (Lipinski definition) is 0. The molecule has 150 valence electrons. The fourth-order valence-corrected chi connectivity index (χ4v) is 3.38. The largest absolute Gasteiger partial charge is 0.453 e. The molecule has 0 aliphatic rings. The molecule has 0 saturated heterocycles. The van der Waals surface area contributed by atoms with Crippen LogP contribution >= 0.6 is 0 Å². The van der Waals surface area contributed by atoms with Crippen LogP contribution in [0.1, 0.15) is 0 Å². The number of para-hydroxylation sites is 3. The van der Waals surface area contributed by atoms with Gasteiger partial charge in [-0.1, -0.05) is 78.9 Å². The predicted molar refractivity (Wildman–Crippen MR) is 123 cm³/mol. The minimum absolute atomic E-state index is 0.520. The van der Waals surface area contributed by atoms with Gasteiger partial charge in [0.2, 0.25) is 5.75 Å². The van der Waals surface area contributed by atoms with Crippen molar-refractivity contribution in [2.24, 2.45) is 0 Å². The Morgan fingerprint density at radius 2 is 0.839 bits per heavy atom. The van der Waals surface area contributed by atoms with Crippen molar-refractivity contribution in [3.8, 4) is 34.5 Å². The average Bonchev–Trinajstić information content (AvgIpc) is 2.83. The van der Waals surface area contributed by atoms with Gasteiger partial charge in [-0.3, -0.25) is 0 Å². The van der Waals surface area contributed by atoms with Crippen LogP contribution in [0.5, 0.6) is 34.5 Å². The van der Waals surface area contributed by atoms with E-state index >= 15 is 0 Å². The van der Waals surface area contributed by atoms with Crippen molar-refractivity contribution in [2.75, 3.05) is 0 Å². The highest BCUT2D eigenvalue weighted by molar-refractivity contribution is 5.88. The molecule has 3 nitrogen and oxygen atoms in total. The lowest BCUT2D eigenvalue weighted by Gasteiger charge is -2.17. The Labute approximate surface area is 181 Å². The van der Waals surface area contributed by atoms with Gasteiger partial charge in [-0.2, -0.15) is 0 Å². The summed E-state index contributed by atoms with van der Waals surface area (Å²) in [7, 11) is 0. The SMILES string of the molecule is c1ccc(Oc2cccc(Oc3ccccc3)c2Oc2cccc3ccccc23)cc1. The molecule has 0 atom stereocenters. The van der Waals surface area contributed by atoms with Crippen LogP contribution in [0, 0.1) is 0 Å². The summed E-state index contributed by atoms with van der Waals surface area (Å²) in [4.78, 5) is 0. The minimum Gasteiger partial charge on any atom is -0.453 e. The van der Waals surface area contributed by atoms with E-state index < -0.39 is 0 Å². The van der Waals surface area contributed by atoms with Crippen LogP contribution in [0.4, 0.5) is 0 Å². The van der Waals surface area contributed by atoms with Crippen molar-refractivity contribution < 1.29 is 14.2 Å². The van der Waals surface area contributed by atoms with Crippen LogP contribution in [-0.2, 0) is 0 Å². The molecule has 0 unspecified atom stereocenters. The predicted octanol–water partition coefficient (Wildman–Crippen LogP) is 8.22. The van der Waals surface area contributed by atoms with Gasteiger partial charge in [0.15, 0.2) is 11.5 Å². The van der Waals surface area contributed by atoms with Gasteiger partial charge in [-0.05, 0) is 47.9 Å². The van der Waals surface area contributed by atoms with Crippen LogP contribution in [0.15, 0.2) is 121 Å². The molecule has 0 fully saturated rings. The molecule has 3 heteroatoms. The molecular weight excluding hydrogens is 384 g/mol. The Hall–Kier alpha value is -4.24. The number of benzene rings is 5. The molecular formula is C28H20O3. The van der Waals surface area contributed by atoms with E-state index in [0.717, 1.165) is 28.0 Å². The molecule has 0 spiro atoms. The highest BCUT2D eigenvalue weighted by Gasteiger charge is 2.17.